The highest BCUT2D eigenvalue weighted by Gasteiger charge is 2.39. The van der Waals surface area contributed by atoms with Gasteiger partial charge in [-0.2, -0.15) is 18.3 Å². The normalized spacial score (nSPS) is 17.0. The number of rotatable bonds is 3. The number of pyridine rings is 2. The van der Waals surface area contributed by atoms with Crippen molar-refractivity contribution in [3.63, 3.8) is 0 Å². The number of aryl methyl sites for hydroxylation is 1. The first kappa shape index (κ1) is 19.0. The van der Waals surface area contributed by atoms with Gasteiger partial charge in [0, 0.05) is 10.9 Å². The summed E-state index contributed by atoms with van der Waals surface area (Å²) in [7, 11) is 0. The Labute approximate surface area is 169 Å². The van der Waals surface area contributed by atoms with E-state index < -0.39 is 23.1 Å². The SMILES string of the molecule is Cc1nc(N)cc(-c2nc(C3=CCCC3)c3cnn(C4CC4)c3c2F)c1C(F)(F)F. The molecule has 0 saturated heterocycles. The molecule has 0 aromatic carbocycles. The first-order chi connectivity index (χ1) is 14.3. The quantitative estimate of drug-likeness (QED) is 0.576. The van der Waals surface area contributed by atoms with E-state index in [2.05, 4.69) is 15.1 Å². The van der Waals surface area contributed by atoms with Crippen LogP contribution >= 0.6 is 0 Å². The zero-order valence-electron chi connectivity index (χ0n) is 16.2. The molecule has 0 spiro atoms. The van der Waals surface area contributed by atoms with E-state index in [-0.39, 0.29) is 28.8 Å². The van der Waals surface area contributed by atoms with Crippen molar-refractivity contribution < 1.29 is 17.6 Å². The zero-order chi connectivity index (χ0) is 21.2. The van der Waals surface area contributed by atoms with Crippen molar-refractivity contribution in [3.8, 4) is 11.3 Å². The van der Waals surface area contributed by atoms with Crippen molar-refractivity contribution in [1.29, 1.82) is 0 Å². The van der Waals surface area contributed by atoms with Crippen LogP contribution in [0.25, 0.3) is 27.7 Å². The summed E-state index contributed by atoms with van der Waals surface area (Å²) in [6.07, 6.45) is 3.10. The smallest absolute Gasteiger partial charge is 0.384 e. The number of anilines is 1. The summed E-state index contributed by atoms with van der Waals surface area (Å²) in [6, 6.07) is 1.11. The minimum Gasteiger partial charge on any atom is -0.384 e. The average Bonchev–Trinajstić information content (AvgIpc) is 3.17. The number of nitrogens with two attached hydrogens (primary N) is 1. The third kappa shape index (κ3) is 2.95. The molecule has 0 amide bonds. The fraction of sp³-hybridized carbons (Fsp3) is 0.381. The number of halogens is 4. The molecule has 0 atom stereocenters. The Hall–Kier alpha value is -2.97. The largest absolute Gasteiger partial charge is 0.418 e. The van der Waals surface area contributed by atoms with E-state index in [4.69, 9.17) is 5.73 Å². The van der Waals surface area contributed by atoms with Gasteiger partial charge >= 0.3 is 6.18 Å². The molecule has 156 valence electrons. The number of hydrogen-bond acceptors (Lipinski definition) is 4. The molecule has 0 bridgehead atoms. The average molecular weight is 417 g/mol. The van der Waals surface area contributed by atoms with Gasteiger partial charge in [-0.25, -0.2) is 14.4 Å². The molecule has 3 aromatic rings. The van der Waals surface area contributed by atoms with Gasteiger partial charge in [0.05, 0.1) is 29.2 Å². The fourth-order valence-corrected chi connectivity index (χ4v) is 4.23. The van der Waals surface area contributed by atoms with Crippen molar-refractivity contribution >= 4 is 22.3 Å². The molecule has 1 saturated carbocycles. The van der Waals surface area contributed by atoms with E-state index in [0.29, 0.717) is 11.1 Å². The van der Waals surface area contributed by atoms with Crippen molar-refractivity contribution in [2.45, 2.75) is 51.2 Å². The van der Waals surface area contributed by atoms with Crippen LogP contribution in [-0.4, -0.2) is 19.7 Å². The molecule has 0 aliphatic heterocycles. The van der Waals surface area contributed by atoms with Crippen LogP contribution in [0.4, 0.5) is 23.4 Å². The first-order valence-electron chi connectivity index (χ1n) is 9.86. The van der Waals surface area contributed by atoms with Gasteiger partial charge in [0.1, 0.15) is 17.0 Å². The molecule has 9 heteroatoms. The highest BCUT2D eigenvalue weighted by Crippen LogP contribution is 2.44. The molecule has 1 fully saturated rings. The van der Waals surface area contributed by atoms with Gasteiger partial charge in [-0.3, -0.25) is 4.68 Å². The predicted molar refractivity (Wildman–Crippen MR) is 105 cm³/mol. The Bertz CT molecular complexity index is 1200. The molecule has 3 heterocycles. The van der Waals surface area contributed by atoms with Crippen molar-refractivity contribution in [2.75, 3.05) is 5.73 Å². The molecule has 2 aliphatic rings. The molecule has 30 heavy (non-hydrogen) atoms. The Balaban J connectivity index is 1.87. The Morgan fingerprint density at radius 2 is 1.93 bits per heavy atom. The molecule has 2 N–H and O–H groups in total. The monoisotopic (exact) mass is 417 g/mol. The molecule has 3 aromatic heterocycles. The molecule has 0 radical (unpaired) electrons. The van der Waals surface area contributed by atoms with Crippen LogP contribution in [0, 0.1) is 12.7 Å². The second-order valence-electron chi connectivity index (χ2n) is 7.88. The van der Waals surface area contributed by atoms with Gasteiger partial charge in [0.2, 0.25) is 0 Å². The van der Waals surface area contributed by atoms with Crippen LogP contribution in [0.1, 0.15) is 55.1 Å². The number of alkyl halides is 3. The third-order valence-electron chi connectivity index (χ3n) is 5.69. The van der Waals surface area contributed by atoms with Gasteiger partial charge < -0.3 is 5.73 Å². The standard InChI is InChI=1S/C21H19F4N5/c1-10-16(21(23,24)25)13(8-15(26)28-10)19-17(22)20-14(9-27-30(20)12-6-7-12)18(29-19)11-4-2-3-5-11/h4,8-9,12H,2-3,5-7H2,1H3,(H2,26,28). The second kappa shape index (κ2) is 6.52. The minimum atomic E-state index is -4.73. The fourth-order valence-electron chi connectivity index (χ4n) is 4.23. The highest BCUT2D eigenvalue weighted by molar-refractivity contribution is 5.94. The van der Waals surface area contributed by atoms with Crippen molar-refractivity contribution in [1.82, 2.24) is 19.7 Å². The van der Waals surface area contributed by atoms with Gasteiger partial charge in [0.15, 0.2) is 5.82 Å². The Morgan fingerprint density at radius 1 is 1.17 bits per heavy atom. The van der Waals surface area contributed by atoms with E-state index in [1.54, 1.807) is 10.9 Å². The maximum atomic E-state index is 15.8. The lowest BCUT2D eigenvalue weighted by atomic mass is 9.99. The number of nitrogens with zero attached hydrogens (tertiary/aromatic N) is 4. The Kier molecular flexibility index (Phi) is 4.13. The summed E-state index contributed by atoms with van der Waals surface area (Å²) in [5, 5.41) is 4.87. The second-order valence-corrected chi connectivity index (χ2v) is 7.88. The number of allylic oxidation sites excluding steroid dienone is 2. The van der Waals surface area contributed by atoms with E-state index in [1.807, 2.05) is 6.08 Å². The molecular formula is C21H19F4N5. The van der Waals surface area contributed by atoms with Crippen molar-refractivity contribution in [3.05, 3.63) is 41.1 Å². The van der Waals surface area contributed by atoms with Crippen LogP contribution in [0.15, 0.2) is 18.3 Å². The summed E-state index contributed by atoms with van der Waals surface area (Å²) in [4.78, 5) is 8.16. The Morgan fingerprint density at radius 3 is 2.57 bits per heavy atom. The van der Waals surface area contributed by atoms with Gasteiger partial charge in [-0.15, -0.1) is 0 Å². The summed E-state index contributed by atoms with van der Waals surface area (Å²) < 4.78 is 59.0. The number of nitrogen functional groups attached to an aromatic ring is 1. The van der Waals surface area contributed by atoms with Crippen LogP contribution in [0.5, 0.6) is 0 Å². The summed E-state index contributed by atoms with van der Waals surface area (Å²) in [6.45, 7) is 1.22. The lowest BCUT2D eigenvalue weighted by molar-refractivity contribution is -0.137. The van der Waals surface area contributed by atoms with E-state index in [9.17, 15) is 13.2 Å². The lowest BCUT2D eigenvalue weighted by Gasteiger charge is -2.17. The lowest BCUT2D eigenvalue weighted by Crippen LogP contribution is -2.14. The maximum absolute atomic E-state index is 15.8. The molecule has 5 nitrogen and oxygen atoms in total. The molecular weight excluding hydrogens is 398 g/mol. The van der Waals surface area contributed by atoms with Crippen LogP contribution < -0.4 is 5.73 Å². The van der Waals surface area contributed by atoms with Gasteiger partial charge in [-0.05, 0) is 50.7 Å². The summed E-state index contributed by atoms with van der Waals surface area (Å²) >= 11 is 0. The topological polar surface area (TPSA) is 69.6 Å². The zero-order valence-corrected chi connectivity index (χ0v) is 16.2. The van der Waals surface area contributed by atoms with Crippen LogP contribution in [-0.2, 0) is 6.18 Å². The molecule has 0 unspecified atom stereocenters. The summed E-state index contributed by atoms with van der Waals surface area (Å²) in [5.74, 6) is -0.929. The van der Waals surface area contributed by atoms with Gasteiger partial charge in [0.25, 0.3) is 0 Å². The first-order valence-corrected chi connectivity index (χ1v) is 9.86. The van der Waals surface area contributed by atoms with Crippen LogP contribution in [0.3, 0.4) is 0 Å². The number of hydrogen-bond donors (Lipinski definition) is 1. The minimum absolute atomic E-state index is 0.0592. The maximum Gasteiger partial charge on any atom is 0.418 e. The highest BCUT2D eigenvalue weighted by atomic mass is 19.4. The van der Waals surface area contributed by atoms with Gasteiger partial charge in [-0.1, -0.05) is 6.08 Å². The van der Waals surface area contributed by atoms with E-state index in [0.717, 1.165) is 43.7 Å². The molecule has 5 rings (SSSR count). The molecule has 2 aliphatic carbocycles. The summed E-state index contributed by atoms with van der Waals surface area (Å²) in [5.41, 5.74) is 5.25. The predicted octanol–water partition coefficient (Wildman–Crippen LogP) is 5.44. The van der Waals surface area contributed by atoms with E-state index in [1.165, 1.54) is 6.92 Å². The number of aromatic nitrogens is 4. The van der Waals surface area contributed by atoms with Crippen LogP contribution in [0.2, 0.25) is 0 Å². The third-order valence-corrected chi connectivity index (χ3v) is 5.69. The van der Waals surface area contributed by atoms with E-state index >= 15 is 4.39 Å². The number of fused-ring (bicyclic) bond motifs is 1. The van der Waals surface area contributed by atoms with Crippen molar-refractivity contribution in [2.24, 2.45) is 0 Å².